The predicted molar refractivity (Wildman–Crippen MR) is 91.8 cm³/mol. The van der Waals surface area contributed by atoms with Crippen LogP contribution < -0.4 is 0 Å². The quantitative estimate of drug-likeness (QED) is 0.853. The van der Waals surface area contributed by atoms with Crippen molar-refractivity contribution >= 4 is 5.91 Å². The Bertz CT molecular complexity index is 573. The van der Waals surface area contributed by atoms with Gasteiger partial charge in [-0.25, -0.2) is 0 Å². The highest BCUT2D eigenvalue weighted by Gasteiger charge is 2.44. The number of nitrogens with zero attached hydrogens (tertiary/aromatic N) is 3. The summed E-state index contributed by atoms with van der Waals surface area (Å²) in [5, 5.41) is 0. The topological polar surface area (TPSA) is 45.7 Å². The van der Waals surface area contributed by atoms with Gasteiger partial charge >= 0.3 is 0 Å². The summed E-state index contributed by atoms with van der Waals surface area (Å²) in [5.41, 5.74) is 0.571. The van der Waals surface area contributed by atoms with Crippen LogP contribution in [-0.2, 0) is 4.74 Å². The van der Waals surface area contributed by atoms with Gasteiger partial charge in [0.15, 0.2) is 0 Å². The van der Waals surface area contributed by atoms with Gasteiger partial charge in [0.2, 0.25) is 0 Å². The maximum atomic E-state index is 12.7. The third-order valence-electron chi connectivity index (χ3n) is 5.74. The lowest BCUT2D eigenvalue weighted by atomic mass is 9.86. The molecule has 0 aliphatic carbocycles. The zero-order chi connectivity index (χ0) is 16.4. The molecule has 3 fully saturated rings. The van der Waals surface area contributed by atoms with E-state index in [1.807, 2.05) is 17.0 Å². The fraction of sp³-hybridized carbons (Fsp3) is 0.684. The van der Waals surface area contributed by atoms with Crippen molar-refractivity contribution in [1.29, 1.82) is 0 Å². The number of pyridine rings is 1. The molecule has 0 bridgehead atoms. The van der Waals surface area contributed by atoms with E-state index in [1.54, 1.807) is 12.4 Å². The van der Waals surface area contributed by atoms with E-state index in [9.17, 15) is 4.79 Å². The summed E-state index contributed by atoms with van der Waals surface area (Å²) < 4.78 is 6.28. The highest BCUT2D eigenvalue weighted by atomic mass is 16.5. The summed E-state index contributed by atoms with van der Waals surface area (Å²) in [6.07, 6.45) is 9.26. The van der Waals surface area contributed by atoms with Crippen LogP contribution in [0.1, 0.15) is 42.5 Å². The summed E-state index contributed by atoms with van der Waals surface area (Å²) >= 11 is 0. The molecule has 0 N–H and O–H groups in total. The molecule has 3 aliphatic heterocycles. The third kappa shape index (κ3) is 3.33. The maximum Gasteiger partial charge on any atom is 0.255 e. The Morgan fingerprint density at radius 2 is 2.17 bits per heavy atom. The van der Waals surface area contributed by atoms with Crippen LogP contribution >= 0.6 is 0 Å². The summed E-state index contributed by atoms with van der Waals surface area (Å²) in [6.45, 7) is 6.07. The number of carbonyl (C=O) groups excluding carboxylic acids is 1. The monoisotopic (exact) mass is 329 g/mol. The van der Waals surface area contributed by atoms with E-state index in [1.165, 1.54) is 25.9 Å². The van der Waals surface area contributed by atoms with Gasteiger partial charge in [-0.2, -0.15) is 0 Å². The first-order valence-corrected chi connectivity index (χ1v) is 9.30. The second kappa shape index (κ2) is 6.81. The average Bonchev–Trinajstić information content (AvgIpc) is 3.26. The fourth-order valence-corrected chi connectivity index (χ4v) is 4.61. The lowest BCUT2D eigenvalue weighted by Crippen LogP contribution is -2.50. The van der Waals surface area contributed by atoms with Crippen molar-refractivity contribution in [3.8, 4) is 0 Å². The van der Waals surface area contributed by atoms with E-state index in [4.69, 9.17) is 4.74 Å². The van der Waals surface area contributed by atoms with Gasteiger partial charge in [-0.15, -0.1) is 0 Å². The van der Waals surface area contributed by atoms with Crippen LogP contribution in [0.5, 0.6) is 0 Å². The van der Waals surface area contributed by atoms with Gasteiger partial charge in [0.05, 0.1) is 17.8 Å². The molecule has 0 aromatic carbocycles. The van der Waals surface area contributed by atoms with Crippen molar-refractivity contribution in [3.63, 3.8) is 0 Å². The van der Waals surface area contributed by atoms with E-state index in [2.05, 4.69) is 9.88 Å². The van der Waals surface area contributed by atoms with Gasteiger partial charge in [0.25, 0.3) is 5.91 Å². The Labute approximate surface area is 144 Å². The molecule has 1 spiro atoms. The van der Waals surface area contributed by atoms with Crippen molar-refractivity contribution in [2.24, 2.45) is 5.92 Å². The highest BCUT2D eigenvalue weighted by Crippen LogP contribution is 2.38. The number of hydrogen-bond donors (Lipinski definition) is 0. The minimum atomic E-state index is -0.111. The van der Waals surface area contributed by atoms with Crippen LogP contribution in [0.4, 0.5) is 0 Å². The van der Waals surface area contributed by atoms with E-state index in [0.29, 0.717) is 11.5 Å². The van der Waals surface area contributed by atoms with Crippen LogP contribution in [0.3, 0.4) is 0 Å². The predicted octanol–water partition coefficient (Wildman–Crippen LogP) is 2.19. The first-order valence-electron chi connectivity index (χ1n) is 9.30. The van der Waals surface area contributed by atoms with E-state index in [0.717, 1.165) is 45.5 Å². The molecule has 5 nitrogen and oxygen atoms in total. The fourth-order valence-electron chi connectivity index (χ4n) is 4.61. The van der Waals surface area contributed by atoms with Gasteiger partial charge in [-0.1, -0.05) is 0 Å². The van der Waals surface area contributed by atoms with Crippen LogP contribution in [0.25, 0.3) is 0 Å². The summed E-state index contributed by atoms with van der Waals surface area (Å²) in [6, 6.07) is 3.67. The average molecular weight is 329 g/mol. The van der Waals surface area contributed by atoms with Gasteiger partial charge in [-0.05, 0) is 63.2 Å². The Hall–Kier alpha value is -1.46. The molecule has 3 saturated heterocycles. The molecular weight excluding hydrogens is 302 g/mol. The second-order valence-corrected chi connectivity index (χ2v) is 7.64. The molecule has 3 aliphatic rings. The zero-order valence-electron chi connectivity index (χ0n) is 14.3. The first-order chi connectivity index (χ1) is 11.7. The van der Waals surface area contributed by atoms with Crippen molar-refractivity contribution in [2.45, 2.75) is 37.7 Å². The van der Waals surface area contributed by atoms with E-state index >= 15 is 0 Å². The van der Waals surface area contributed by atoms with Crippen molar-refractivity contribution in [2.75, 3.05) is 39.3 Å². The Balaban J connectivity index is 1.38. The van der Waals surface area contributed by atoms with Crippen molar-refractivity contribution in [3.05, 3.63) is 30.1 Å². The standard InChI is InChI=1S/C19H27N3O2/c23-18(17-5-3-7-20-12-17)22-10-4-6-19(15-22)11-16(14-24-19)13-21-8-1-2-9-21/h3,5,7,12,16H,1-2,4,6,8-11,13-15H2/t16-,19+/m0/s1. The molecule has 0 saturated carbocycles. The number of aromatic nitrogens is 1. The molecule has 1 aromatic rings. The molecule has 4 rings (SSSR count). The minimum Gasteiger partial charge on any atom is -0.373 e. The molecule has 0 unspecified atom stereocenters. The number of carbonyl (C=O) groups is 1. The van der Waals surface area contributed by atoms with Gasteiger partial charge < -0.3 is 14.5 Å². The Kier molecular flexibility index (Phi) is 4.55. The number of piperidine rings is 1. The minimum absolute atomic E-state index is 0.0915. The van der Waals surface area contributed by atoms with Crippen molar-refractivity contribution in [1.82, 2.24) is 14.8 Å². The maximum absolute atomic E-state index is 12.7. The molecule has 5 heteroatoms. The summed E-state index contributed by atoms with van der Waals surface area (Å²) in [5.74, 6) is 0.713. The largest absolute Gasteiger partial charge is 0.373 e. The second-order valence-electron chi connectivity index (χ2n) is 7.64. The lowest BCUT2D eigenvalue weighted by Gasteiger charge is -2.40. The normalized spacial score (nSPS) is 31.0. The highest BCUT2D eigenvalue weighted by molar-refractivity contribution is 5.94. The van der Waals surface area contributed by atoms with Crippen LogP contribution in [0.2, 0.25) is 0 Å². The van der Waals surface area contributed by atoms with E-state index in [-0.39, 0.29) is 11.5 Å². The summed E-state index contributed by atoms with van der Waals surface area (Å²) in [7, 11) is 0. The molecule has 1 amide bonds. The van der Waals surface area contributed by atoms with E-state index < -0.39 is 0 Å². The van der Waals surface area contributed by atoms with Crippen LogP contribution in [0, 0.1) is 5.92 Å². The van der Waals surface area contributed by atoms with Gasteiger partial charge in [0, 0.05) is 32.0 Å². The van der Waals surface area contributed by atoms with Gasteiger partial charge in [0.1, 0.15) is 0 Å². The lowest BCUT2D eigenvalue weighted by molar-refractivity contribution is -0.0450. The van der Waals surface area contributed by atoms with Crippen LogP contribution in [-0.4, -0.2) is 65.6 Å². The van der Waals surface area contributed by atoms with Gasteiger partial charge in [-0.3, -0.25) is 9.78 Å². The third-order valence-corrected chi connectivity index (χ3v) is 5.74. The number of likely N-dealkylation sites (tertiary alicyclic amines) is 2. The SMILES string of the molecule is O=C(c1cccnc1)N1CCC[C@@]2(C[C@@H](CN3CCCC3)CO2)C1. The molecular formula is C19H27N3O2. The van der Waals surface area contributed by atoms with Crippen molar-refractivity contribution < 1.29 is 9.53 Å². The first kappa shape index (κ1) is 16.0. The molecule has 1 aromatic heterocycles. The Morgan fingerprint density at radius 1 is 1.29 bits per heavy atom. The molecule has 24 heavy (non-hydrogen) atoms. The molecule has 2 atom stereocenters. The number of ether oxygens (including phenoxy) is 1. The molecule has 4 heterocycles. The smallest absolute Gasteiger partial charge is 0.255 e. The molecule has 130 valence electrons. The number of rotatable bonds is 3. The Morgan fingerprint density at radius 3 is 2.96 bits per heavy atom. The van der Waals surface area contributed by atoms with Crippen LogP contribution in [0.15, 0.2) is 24.5 Å². The number of hydrogen-bond acceptors (Lipinski definition) is 4. The summed E-state index contributed by atoms with van der Waals surface area (Å²) in [4.78, 5) is 21.3. The zero-order valence-corrected chi connectivity index (χ0v) is 14.3. The molecule has 0 radical (unpaired) electrons. The number of amides is 1.